The molecule has 0 spiro atoms. The van der Waals surface area contributed by atoms with E-state index in [2.05, 4.69) is 37.5 Å². The summed E-state index contributed by atoms with van der Waals surface area (Å²) in [4.78, 5) is 5.54. The van der Waals surface area contributed by atoms with Gasteiger partial charge in [0, 0.05) is 25.2 Å². The second-order valence-corrected chi connectivity index (χ2v) is 6.78. The molecular weight excluding hydrogens is 208 g/mol. The molecule has 0 aromatic heterocycles. The summed E-state index contributed by atoms with van der Waals surface area (Å²) >= 11 is 0. The average molecular weight is 238 g/mol. The Balaban J connectivity index is 1.95. The first-order chi connectivity index (χ1) is 8.08. The van der Waals surface area contributed by atoms with Crippen molar-refractivity contribution in [3.63, 3.8) is 0 Å². The van der Waals surface area contributed by atoms with Crippen molar-refractivity contribution in [2.24, 2.45) is 11.8 Å². The van der Waals surface area contributed by atoms with Crippen LogP contribution in [0.25, 0.3) is 0 Å². The summed E-state index contributed by atoms with van der Waals surface area (Å²) in [6, 6.07) is 1.67. The van der Waals surface area contributed by atoms with Crippen molar-refractivity contribution in [2.75, 3.05) is 26.2 Å². The van der Waals surface area contributed by atoms with Crippen LogP contribution in [0.15, 0.2) is 0 Å². The molecule has 2 heterocycles. The Morgan fingerprint density at radius 2 is 1.88 bits per heavy atom. The van der Waals surface area contributed by atoms with Gasteiger partial charge in [-0.3, -0.25) is 9.80 Å². The molecule has 0 N–H and O–H groups in total. The van der Waals surface area contributed by atoms with Crippen molar-refractivity contribution in [1.82, 2.24) is 9.80 Å². The Bertz CT molecular complexity index is 237. The number of piperazine rings is 1. The van der Waals surface area contributed by atoms with Crippen LogP contribution in [0.2, 0.25) is 0 Å². The SMILES string of the molecule is CC(C)CCN1CC2CCCN2CC1C(C)C. The van der Waals surface area contributed by atoms with Gasteiger partial charge in [-0.05, 0) is 44.2 Å². The third kappa shape index (κ3) is 3.23. The van der Waals surface area contributed by atoms with Crippen LogP contribution in [0.4, 0.5) is 0 Å². The van der Waals surface area contributed by atoms with Crippen LogP contribution >= 0.6 is 0 Å². The van der Waals surface area contributed by atoms with Crippen LogP contribution in [0.3, 0.4) is 0 Å². The smallest absolute Gasteiger partial charge is 0.0246 e. The van der Waals surface area contributed by atoms with Gasteiger partial charge in [-0.2, -0.15) is 0 Å². The van der Waals surface area contributed by atoms with Gasteiger partial charge in [-0.15, -0.1) is 0 Å². The summed E-state index contributed by atoms with van der Waals surface area (Å²) in [5.74, 6) is 1.63. The zero-order chi connectivity index (χ0) is 12.4. The molecule has 0 aliphatic carbocycles. The predicted molar refractivity (Wildman–Crippen MR) is 74.2 cm³/mol. The van der Waals surface area contributed by atoms with Crippen molar-refractivity contribution >= 4 is 0 Å². The van der Waals surface area contributed by atoms with Crippen molar-refractivity contribution in [3.05, 3.63) is 0 Å². The molecule has 2 heteroatoms. The summed E-state index contributed by atoms with van der Waals surface area (Å²) in [5.41, 5.74) is 0. The molecule has 0 bridgehead atoms. The van der Waals surface area contributed by atoms with Crippen molar-refractivity contribution in [2.45, 2.75) is 59.0 Å². The van der Waals surface area contributed by atoms with E-state index in [9.17, 15) is 0 Å². The van der Waals surface area contributed by atoms with Crippen LogP contribution in [-0.4, -0.2) is 48.1 Å². The maximum atomic E-state index is 2.79. The molecule has 2 nitrogen and oxygen atoms in total. The number of hydrogen-bond acceptors (Lipinski definition) is 2. The van der Waals surface area contributed by atoms with E-state index in [4.69, 9.17) is 0 Å². The lowest BCUT2D eigenvalue weighted by Crippen LogP contribution is -2.57. The van der Waals surface area contributed by atoms with Crippen LogP contribution in [0.1, 0.15) is 47.0 Å². The van der Waals surface area contributed by atoms with Crippen molar-refractivity contribution < 1.29 is 0 Å². The second-order valence-electron chi connectivity index (χ2n) is 6.78. The highest BCUT2D eigenvalue weighted by atomic mass is 15.3. The molecule has 0 saturated carbocycles. The quantitative estimate of drug-likeness (QED) is 0.743. The van der Waals surface area contributed by atoms with Gasteiger partial charge in [0.1, 0.15) is 0 Å². The van der Waals surface area contributed by atoms with Crippen LogP contribution in [0, 0.1) is 11.8 Å². The summed E-state index contributed by atoms with van der Waals surface area (Å²) in [6.45, 7) is 14.8. The van der Waals surface area contributed by atoms with E-state index in [0.29, 0.717) is 0 Å². The molecule has 2 aliphatic heterocycles. The van der Waals surface area contributed by atoms with E-state index >= 15 is 0 Å². The fourth-order valence-electron chi connectivity index (χ4n) is 3.42. The number of rotatable bonds is 4. The molecule has 2 fully saturated rings. The third-order valence-corrected chi connectivity index (χ3v) is 4.60. The molecule has 0 aromatic rings. The molecule has 2 atom stereocenters. The minimum Gasteiger partial charge on any atom is -0.298 e. The molecule has 100 valence electrons. The van der Waals surface area contributed by atoms with Gasteiger partial charge in [0.25, 0.3) is 0 Å². The molecule has 0 amide bonds. The Labute approximate surface area is 107 Å². The molecule has 0 radical (unpaired) electrons. The average Bonchev–Trinajstić information content (AvgIpc) is 2.71. The van der Waals surface area contributed by atoms with Gasteiger partial charge in [0.2, 0.25) is 0 Å². The van der Waals surface area contributed by atoms with Gasteiger partial charge in [-0.25, -0.2) is 0 Å². The predicted octanol–water partition coefficient (Wildman–Crippen LogP) is 2.84. The van der Waals surface area contributed by atoms with Crippen LogP contribution in [-0.2, 0) is 0 Å². The maximum Gasteiger partial charge on any atom is 0.0246 e. The monoisotopic (exact) mass is 238 g/mol. The number of hydrogen-bond donors (Lipinski definition) is 0. The molecular formula is C15H30N2. The van der Waals surface area contributed by atoms with Crippen LogP contribution < -0.4 is 0 Å². The Morgan fingerprint density at radius 3 is 2.53 bits per heavy atom. The molecule has 2 rings (SSSR count). The third-order valence-electron chi connectivity index (χ3n) is 4.60. The number of nitrogens with zero attached hydrogens (tertiary/aromatic N) is 2. The standard InChI is InChI=1S/C15H30N2/c1-12(2)7-9-17-10-14-6-5-8-16(14)11-15(17)13(3)4/h12-15H,5-11H2,1-4H3. The lowest BCUT2D eigenvalue weighted by Gasteiger charge is -2.45. The molecule has 17 heavy (non-hydrogen) atoms. The Kier molecular flexibility index (Phi) is 4.48. The summed E-state index contributed by atoms with van der Waals surface area (Å²) in [5, 5.41) is 0. The van der Waals surface area contributed by atoms with Gasteiger partial charge in [0.15, 0.2) is 0 Å². The highest BCUT2D eigenvalue weighted by Gasteiger charge is 2.36. The Hall–Kier alpha value is -0.0800. The Morgan fingerprint density at radius 1 is 1.12 bits per heavy atom. The van der Waals surface area contributed by atoms with E-state index in [-0.39, 0.29) is 0 Å². The minimum absolute atomic E-state index is 0.795. The van der Waals surface area contributed by atoms with Gasteiger partial charge in [-0.1, -0.05) is 27.7 Å². The first-order valence-corrected chi connectivity index (χ1v) is 7.56. The summed E-state index contributed by atoms with van der Waals surface area (Å²) in [6.07, 6.45) is 4.21. The zero-order valence-electron chi connectivity index (χ0n) is 12.2. The van der Waals surface area contributed by atoms with E-state index < -0.39 is 0 Å². The van der Waals surface area contributed by atoms with E-state index in [1.54, 1.807) is 0 Å². The zero-order valence-corrected chi connectivity index (χ0v) is 12.2. The largest absolute Gasteiger partial charge is 0.298 e. The van der Waals surface area contributed by atoms with Gasteiger partial charge < -0.3 is 0 Å². The van der Waals surface area contributed by atoms with Gasteiger partial charge in [0.05, 0.1) is 0 Å². The lowest BCUT2D eigenvalue weighted by molar-refractivity contribution is 0.0267. The normalized spacial score (nSPS) is 31.4. The first-order valence-electron chi connectivity index (χ1n) is 7.56. The molecule has 2 aliphatic rings. The minimum atomic E-state index is 0.795. The molecule has 2 saturated heterocycles. The highest BCUT2D eigenvalue weighted by molar-refractivity contribution is 4.93. The lowest BCUT2D eigenvalue weighted by atomic mass is 9.96. The first kappa shape index (κ1) is 13.4. The fourth-order valence-corrected chi connectivity index (χ4v) is 3.42. The van der Waals surface area contributed by atoms with E-state index in [1.807, 2.05) is 0 Å². The topological polar surface area (TPSA) is 6.48 Å². The van der Waals surface area contributed by atoms with Crippen molar-refractivity contribution in [1.29, 1.82) is 0 Å². The van der Waals surface area contributed by atoms with Crippen LogP contribution in [0.5, 0.6) is 0 Å². The van der Waals surface area contributed by atoms with Crippen molar-refractivity contribution in [3.8, 4) is 0 Å². The summed E-state index contributed by atoms with van der Waals surface area (Å²) < 4.78 is 0. The molecule has 2 unspecified atom stereocenters. The van der Waals surface area contributed by atoms with Gasteiger partial charge >= 0.3 is 0 Å². The highest BCUT2D eigenvalue weighted by Crippen LogP contribution is 2.27. The second kappa shape index (κ2) is 5.71. The maximum absolute atomic E-state index is 2.79. The molecule has 0 aromatic carbocycles. The number of fused-ring (bicyclic) bond motifs is 1. The van der Waals surface area contributed by atoms with E-state index in [0.717, 1.165) is 23.9 Å². The van der Waals surface area contributed by atoms with E-state index in [1.165, 1.54) is 45.4 Å². The fraction of sp³-hybridized carbons (Fsp3) is 1.00. The summed E-state index contributed by atoms with van der Waals surface area (Å²) in [7, 11) is 0.